The van der Waals surface area contributed by atoms with Crippen LogP contribution in [0.1, 0.15) is 29.2 Å². The van der Waals surface area contributed by atoms with Crippen LogP contribution in [0.2, 0.25) is 0 Å². The Morgan fingerprint density at radius 2 is 2.10 bits per heavy atom. The van der Waals surface area contributed by atoms with Crippen molar-refractivity contribution in [3.8, 4) is 0 Å². The Bertz CT molecular complexity index is 521. The molecule has 2 heterocycles. The first kappa shape index (κ1) is 15.2. The summed E-state index contributed by atoms with van der Waals surface area (Å²) in [7, 11) is 1.59. The number of thiazole rings is 1. The van der Waals surface area contributed by atoms with Crippen molar-refractivity contribution in [1.82, 2.24) is 4.98 Å². The number of hydrogen-bond donors (Lipinski definition) is 0. The molecule has 0 radical (unpaired) electrons. The number of rotatable bonds is 4. The zero-order chi connectivity index (χ0) is 15.1. The fourth-order valence-electron chi connectivity index (χ4n) is 2.08. The van der Waals surface area contributed by atoms with Crippen molar-refractivity contribution in [3.05, 3.63) is 10.6 Å². The van der Waals surface area contributed by atoms with Crippen LogP contribution in [-0.2, 0) is 11.2 Å². The molecule has 1 fully saturated rings. The lowest BCUT2D eigenvalue weighted by molar-refractivity contribution is -0.126. The van der Waals surface area contributed by atoms with Gasteiger partial charge >= 0.3 is 6.18 Å². The topological polar surface area (TPSA) is 42.4 Å². The minimum atomic E-state index is -4.34. The zero-order valence-corrected chi connectivity index (χ0v) is 12.2. The van der Waals surface area contributed by atoms with E-state index in [1.807, 2.05) is 11.8 Å². The van der Waals surface area contributed by atoms with E-state index in [0.29, 0.717) is 18.2 Å². The van der Waals surface area contributed by atoms with Crippen LogP contribution < -0.4 is 4.90 Å². The van der Waals surface area contributed by atoms with Gasteiger partial charge in [-0.15, -0.1) is 11.3 Å². The Balaban J connectivity index is 2.20. The first-order valence-corrected chi connectivity index (χ1v) is 6.83. The number of hydrogen-bond acceptors (Lipinski definition) is 5. The Labute approximate surface area is 118 Å². The van der Waals surface area contributed by atoms with E-state index < -0.39 is 18.4 Å². The Morgan fingerprint density at radius 3 is 2.55 bits per heavy atom. The summed E-state index contributed by atoms with van der Waals surface area (Å²) in [5, 5.41) is 0.448. The third-order valence-electron chi connectivity index (χ3n) is 3.19. The molecule has 0 aromatic carbocycles. The largest absolute Gasteiger partial charge is 0.393 e. The molecule has 1 aromatic heterocycles. The lowest BCUT2D eigenvalue weighted by atomic mass is 9.97. The van der Waals surface area contributed by atoms with Gasteiger partial charge in [0.15, 0.2) is 10.9 Å². The monoisotopic (exact) mass is 308 g/mol. The van der Waals surface area contributed by atoms with Crippen LogP contribution in [0.3, 0.4) is 0 Å². The van der Waals surface area contributed by atoms with Crippen LogP contribution in [0.15, 0.2) is 0 Å². The van der Waals surface area contributed by atoms with Gasteiger partial charge in [-0.25, -0.2) is 4.98 Å². The van der Waals surface area contributed by atoms with Gasteiger partial charge in [-0.1, -0.05) is 0 Å². The SMILES string of the molecule is COC1(C)CN(c2nc(C(C)=O)c(CC(F)(F)F)s2)C1. The van der Waals surface area contributed by atoms with Gasteiger partial charge in [0, 0.05) is 18.9 Å². The third-order valence-corrected chi connectivity index (χ3v) is 4.31. The highest BCUT2D eigenvalue weighted by Gasteiger charge is 2.41. The molecule has 1 saturated heterocycles. The molecule has 20 heavy (non-hydrogen) atoms. The number of methoxy groups -OCH3 is 1. The number of aromatic nitrogens is 1. The molecule has 1 aliphatic rings. The van der Waals surface area contributed by atoms with Crippen molar-refractivity contribution in [1.29, 1.82) is 0 Å². The molecule has 0 aliphatic carbocycles. The summed E-state index contributed by atoms with van der Waals surface area (Å²) < 4.78 is 42.8. The van der Waals surface area contributed by atoms with E-state index in [1.165, 1.54) is 6.92 Å². The van der Waals surface area contributed by atoms with E-state index in [-0.39, 0.29) is 16.2 Å². The average molecular weight is 308 g/mol. The van der Waals surface area contributed by atoms with Gasteiger partial charge in [0.05, 0.1) is 25.1 Å². The molecule has 4 nitrogen and oxygen atoms in total. The van der Waals surface area contributed by atoms with E-state index in [4.69, 9.17) is 4.74 Å². The lowest BCUT2D eigenvalue weighted by Gasteiger charge is -2.46. The summed E-state index contributed by atoms with van der Waals surface area (Å²) in [6.07, 6.45) is -5.46. The molecule has 0 atom stereocenters. The fraction of sp³-hybridized carbons (Fsp3) is 0.667. The number of ketones is 1. The molecular formula is C12H15F3N2O2S. The summed E-state index contributed by atoms with van der Waals surface area (Å²) >= 11 is 0.928. The van der Waals surface area contributed by atoms with Gasteiger partial charge in [-0.3, -0.25) is 4.79 Å². The van der Waals surface area contributed by atoms with Gasteiger partial charge < -0.3 is 9.64 Å². The standard InChI is InChI=1S/C12H15F3N2O2S/c1-7(18)9-8(4-12(13,14)15)20-10(16-9)17-5-11(2,6-17)19-3/h4-6H2,1-3H3. The predicted molar refractivity (Wildman–Crippen MR) is 69.5 cm³/mol. The molecule has 0 amide bonds. The maximum atomic E-state index is 12.5. The van der Waals surface area contributed by atoms with Crippen LogP contribution >= 0.6 is 11.3 Å². The van der Waals surface area contributed by atoms with Gasteiger partial charge in [-0.05, 0) is 6.92 Å². The van der Waals surface area contributed by atoms with Crippen LogP contribution in [0, 0.1) is 0 Å². The Kier molecular flexibility index (Phi) is 3.81. The number of Topliss-reactive ketones (excluding diaryl/α,β-unsaturated/α-hetero) is 1. The highest BCUT2D eigenvalue weighted by Crippen LogP contribution is 2.36. The van der Waals surface area contributed by atoms with Crippen molar-refractivity contribution in [3.63, 3.8) is 0 Å². The Hall–Kier alpha value is -1.15. The molecule has 0 saturated carbocycles. The molecule has 1 aliphatic heterocycles. The number of carbonyl (C=O) groups excluding carboxylic acids is 1. The second-order valence-corrected chi connectivity index (χ2v) is 6.19. The number of ether oxygens (including phenoxy) is 1. The second-order valence-electron chi connectivity index (χ2n) is 5.13. The number of anilines is 1. The quantitative estimate of drug-likeness (QED) is 0.802. The maximum absolute atomic E-state index is 12.5. The summed E-state index contributed by atoms with van der Waals surface area (Å²) in [6, 6.07) is 0. The molecular weight excluding hydrogens is 293 g/mol. The number of carbonyl (C=O) groups is 1. The molecule has 2 rings (SSSR count). The first-order valence-electron chi connectivity index (χ1n) is 6.01. The number of nitrogens with zero attached hydrogens (tertiary/aromatic N) is 2. The summed E-state index contributed by atoms with van der Waals surface area (Å²) in [5.41, 5.74) is -0.375. The zero-order valence-electron chi connectivity index (χ0n) is 11.4. The fourth-order valence-corrected chi connectivity index (χ4v) is 3.21. The average Bonchev–Trinajstić information content (AvgIpc) is 2.66. The van der Waals surface area contributed by atoms with Crippen LogP contribution in [0.25, 0.3) is 0 Å². The van der Waals surface area contributed by atoms with Crippen LogP contribution in [0.5, 0.6) is 0 Å². The minimum absolute atomic E-state index is 0.0222. The van der Waals surface area contributed by atoms with E-state index in [2.05, 4.69) is 4.98 Å². The van der Waals surface area contributed by atoms with Gasteiger partial charge in [0.2, 0.25) is 0 Å². The highest BCUT2D eigenvalue weighted by molar-refractivity contribution is 7.16. The van der Waals surface area contributed by atoms with Crippen LogP contribution in [-0.4, -0.2) is 42.7 Å². The Morgan fingerprint density at radius 1 is 1.50 bits per heavy atom. The maximum Gasteiger partial charge on any atom is 0.393 e. The van der Waals surface area contributed by atoms with Crippen LogP contribution in [0.4, 0.5) is 18.3 Å². The van der Waals surface area contributed by atoms with Crippen molar-refractivity contribution < 1.29 is 22.7 Å². The third kappa shape index (κ3) is 3.12. The molecule has 0 spiro atoms. The number of halogens is 3. The van der Waals surface area contributed by atoms with Gasteiger partial charge in [0.1, 0.15) is 5.69 Å². The molecule has 112 valence electrons. The molecule has 8 heteroatoms. The summed E-state index contributed by atoms with van der Waals surface area (Å²) in [4.78, 5) is 17.3. The molecule has 0 N–H and O–H groups in total. The molecule has 0 bridgehead atoms. The smallest absolute Gasteiger partial charge is 0.375 e. The second kappa shape index (κ2) is 5.00. The molecule has 1 aromatic rings. The van der Waals surface area contributed by atoms with E-state index in [1.54, 1.807) is 7.11 Å². The number of alkyl halides is 3. The summed E-state index contributed by atoms with van der Waals surface area (Å²) in [5.74, 6) is -0.443. The lowest BCUT2D eigenvalue weighted by Crippen LogP contribution is -2.61. The predicted octanol–water partition coefficient (Wildman–Crippen LogP) is 2.68. The van der Waals surface area contributed by atoms with Gasteiger partial charge in [-0.2, -0.15) is 13.2 Å². The molecule has 0 unspecified atom stereocenters. The normalized spacial score (nSPS) is 18.0. The van der Waals surface area contributed by atoms with Gasteiger partial charge in [0.25, 0.3) is 0 Å². The van der Waals surface area contributed by atoms with Crippen molar-refractivity contribution in [2.45, 2.75) is 32.0 Å². The van der Waals surface area contributed by atoms with Crippen molar-refractivity contribution in [2.75, 3.05) is 25.1 Å². The van der Waals surface area contributed by atoms with E-state index >= 15 is 0 Å². The first-order chi connectivity index (χ1) is 9.13. The van der Waals surface area contributed by atoms with E-state index in [9.17, 15) is 18.0 Å². The van der Waals surface area contributed by atoms with Crippen molar-refractivity contribution in [2.24, 2.45) is 0 Å². The van der Waals surface area contributed by atoms with Crippen molar-refractivity contribution >= 4 is 22.3 Å². The summed E-state index contributed by atoms with van der Waals surface area (Å²) in [6.45, 7) is 4.26. The minimum Gasteiger partial charge on any atom is -0.375 e. The highest BCUT2D eigenvalue weighted by atomic mass is 32.1. The van der Waals surface area contributed by atoms with E-state index in [0.717, 1.165) is 11.3 Å².